The summed E-state index contributed by atoms with van der Waals surface area (Å²) in [6.45, 7) is 7.72. The van der Waals surface area contributed by atoms with Crippen molar-refractivity contribution in [2.45, 2.75) is 66.0 Å². The van der Waals surface area contributed by atoms with E-state index in [0.717, 1.165) is 55.1 Å². The van der Waals surface area contributed by atoms with E-state index in [4.69, 9.17) is 5.41 Å². The molecule has 0 aromatic heterocycles. The zero-order chi connectivity index (χ0) is 21.4. The number of halogens is 2. The predicted octanol–water partition coefficient (Wildman–Crippen LogP) is 6.74. The van der Waals surface area contributed by atoms with Gasteiger partial charge in [-0.25, -0.2) is 0 Å². The lowest BCUT2D eigenvalue weighted by atomic mass is 9.87. The molecule has 1 heterocycles. The van der Waals surface area contributed by atoms with Crippen LogP contribution in [0.3, 0.4) is 0 Å². The van der Waals surface area contributed by atoms with Crippen LogP contribution in [0.5, 0.6) is 5.75 Å². The third-order valence-electron chi connectivity index (χ3n) is 5.67. The molecule has 2 aromatic carbocycles. The zero-order valence-corrected chi connectivity index (χ0v) is 18.1. The fraction of sp³-hybridized carbons (Fsp3) is 0.542. The minimum absolute atomic E-state index is 0.161. The molecule has 0 bridgehead atoms. The Kier molecular flexibility index (Phi) is 9.02. The molecule has 3 rings (SSSR count). The van der Waals surface area contributed by atoms with Crippen LogP contribution >= 0.6 is 0 Å². The Bertz CT molecular complexity index is 790. The summed E-state index contributed by atoms with van der Waals surface area (Å²) in [6.07, 6.45) is 4.48. The average Bonchev–Trinajstić information content (AvgIpc) is 2.75. The van der Waals surface area contributed by atoms with Crippen LogP contribution in [0.15, 0.2) is 36.4 Å². The van der Waals surface area contributed by atoms with E-state index >= 15 is 0 Å². The van der Waals surface area contributed by atoms with Gasteiger partial charge in [0.1, 0.15) is 5.75 Å². The smallest absolute Gasteiger partial charge is 0.387 e. The van der Waals surface area contributed by atoms with Crippen molar-refractivity contribution in [1.82, 2.24) is 4.90 Å². The van der Waals surface area contributed by atoms with E-state index in [0.29, 0.717) is 11.8 Å². The summed E-state index contributed by atoms with van der Waals surface area (Å²) in [4.78, 5) is 2.54. The van der Waals surface area contributed by atoms with Crippen LogP contribution in [0.1, 0.15) is 58.9 Å². The average molecular weight is 405 g/mol. The SMILES string of the molecule is CC.CCC(CC)N1CCCC(C(=N)c2ccc3cc(OC(F)F)ccc3c2)C1. The van der Waals surface area contributed by atoms with E-state index in [1.165, 1.54) is 0 Å². The third kappa shape index (κ3) is 5.99. The molecule has 0 aliphatic carbocycles. The number of likely N-dealkylation sites (tertiary alicyclic amines) is 1. The first-order chi connectivity index (χ1) is 14.0. The van der Waals surface area contributed by atoms with Crippen molar-refractivity contribution in [1.29, 1.82) is 5.41 Å². The minimum atomic E-state index is -2.82. The molecule has 0 spiro atoms. The summed E-state index contributed by atoms with van der Waals surface area (Å²) < 4.78 is 29.2. The summed E-state index contributed by atoms with van der Waals surface area (Å²) in [5.41, 5.74) is 1.60. The number of hydrogen-bond donors (Lipinski definition) is 1. The number of alkyl halides is 2. The van der Waals surface area contributed by atoms with Gasteiger partial charge in [-0.2, -0.15) is 8.78 Å². The van der Waals surface area contributed by atoms with Crippen LogP contribution in [0, 0.1) is 11.3 Å². The van der Waals surface area contributed by atoms with Gasteiger partial charge in [-0.1, -0.05) is 45.9 Å². The van der Waals surface area contributed by atoms with Crippen molar-refractivity contribution in [3.05, 3.63) is 42.0 Å². The maximum Gasteiger partial charge on any atom is 0.387 e. The molecule has 1 atom stereocenters. The number of hydrogen-bond acceptors (Lipinski definition) is 3. The normalized spacial score (nSPS) is 17.3. The lowest BCUT2D eigenvalue weighted by molar-refractivity contribution is -0.0497. The Morgan fingerprint density at radius 2 is 1.76 bits per heavy atom. The first-order valence-corrected chi connectivity index (χ1v) is 10.8. The highest BCUT2D eigenvalue weighted by Crippen LogP contribution is 2.27. The van der Waals surface area contributed by atoms with Crippen LogP contribution in [-0.2, 0) is 0 Å². The van der Waals surface area contributed by atoms with Crippen molar-refractivity contribution in [3.63, 3.8) is 0 Å². The second-order valence-electron chi connectivity index (χ2n) is 7.32. The van der Waals surface area contributed by atoms with Gasteiger partial charge in [0.15, 0.2) is 0 Å². The summed E-state index contributed by atoms with van der Waals surface area (Å²) in [7, 11) is 0. The quantitative estimate of drug-likeness (QED) is 0.519. The van der Waals surface area contributed by atoms with Gasteiger partial charge in [0, 0.05) is 24.2 Å². The maximum atomic E-state index is 12.4. The van der Waals surface area contributed by atoms with E-state index in [-0.39, 0.29) is 11.7 Å². The number of rotatable bonds is 7. The number of nitrogens with zero attached hydrogens (tertiary/aromatic N) is 1. The summed E-state index contributed by atoms with van der Waals surface area (Å²) in [5, 5.41) is 10.5. The van der Waals surface area contributed by atoms with E-state index in [9.17, 15) is 8.78 Å². The first-order valence-electron chi connectivity index (χ1n) is 10.8. The predicted molar refractivity (Wildman–Crippen MR) is 117 cm³/mol. The van der Waals surface area contributed by atoms with Crippen LogP contribution in [0.4, 0.5) is 8.78 Å². The van der Waals surface area contributed by atoms with Crippen molar-refractivity contribution in [3.8, 4) is 5.75 Å². The summed E-state index contributed by atoms with van der Waals surface area (Å²) in [5.74, 6) is 0.409. The largest absolute Gasteiger partial charge is 0.435 e. The molecule has 0 radical (unpaired) electrons. The highest BCUT2D eigenvalue weighted by molar-refractivity contribution is 6.03. The minimum Gasteiger partial charge on any atom is -0.435 e. The summed E-state index contributed by atoms with van der Waals surface area (Å²) >= 11 is 0. The molecule has 2 aromatic rings. The van der Waals surface area contributed by atoms with Gasteiger partial charge >= 0.3 is 6.61 Å². The number of fused-ring (bicyclic) bond motifs is 1. The van der Waals surface area contributed by atoms with E-state index in [1.807, 2.05) is 32.0 Å². The van der Waals surface area contributed by atoms with Gasteiger partial charge in [-0.3, -0.25) is 4.90 Å². The molecule has 5 heteroatoms. The van der Waals surface area contributed by atoms with Crippen molar-refractivity contribution in [2.24, 2.45) is 5.92 Å². The first kappa shape index (κ1) is 23.3. The molecule has 3 nitrogen and oxygen atoms in total. The van der Waals surface area contributed by atoms with Gasteiger partial charge in [-0.15, -0.1) is 0 Å². The standard InChI is InChI=1S/C22H28F2N2O.C2H6/c1-3-19(4-2)26-11-5-6-18(14-26)21(25)17-8-7-16-13-20(27-22(23)24)10-9-15(16)12-17;1-2/h7-10,12-13,18-19,22,25H,3-6,11,14H2,1-2H3;1-2H3. The summed E-state index contributed by atoms with van der Waals surface area (Å²) in [6, 6.07) is 11.3. The van der Waals surface area contributed by atoms with E-state index in [1.54, 1.807) is 18.2 Å². The Hall–Kier alpha value is -2.01. The molecular formula is C24H34F2N2O. The van der Waals surface area contributed by atoms with Crippen molar-refractivity contribution < 1.29 is 13.5 Å². The molecule has 1 unspecified atom stereocenters. The van der Waals surface area contributed by atoms with Gasteiger partial charge < -0.3 is 10.1 Å². The lowest BCUT2D eigenvalue weighted by Crippen LogP contribution is -2.44. The lowest BCUT2D eigenvalue weighted by Gasteiger charge is -2.38. The zero-order valence-electron chi connectivity index (χ0n) is 18.1. The van der Waals surface area contributed by atoms with Crippen molar-refractivity contribution in [2.75, 3.05) is 13.1 Å². The monoisotopic (exact) mass is 404 g/mol. The molecule has 0 saturated carbocycles. The van der Waals surface area contributed by atoms with Crippen molar-refractivity contribution >= 4 is 16.5 Å². The molecule has 160 valence electrons. The molecule has 1 saturated heterocycles. The molecule has 0 amide bonds. The molecule has 1 N–H and O–H groups in total. The molecular weight excluding hydrogens is 370 g/mol. The van der Waals surface area contributed by atoms with Gasteiger partial charge in [0.2, 0.25) is 0 Å². The van der Waals surface area contributed by atoms with Crippen LogP contribution < -0.4 is 4.74 Å². The Morgan fingerprint density at radius 3 is 2.41 bits per heavy atom. The number of ether oxygens (including phenoxy) is 1. The van der Waals surface area contributed by atoms with E-state index in [2.05, 4.69) is 23.5 Å². The van der Waals surface area contributed by atoms with Gasteiger partial charge in [0.25, 0.3) is 0 Å². The number of benzene rings is 2. The number of piperidine rings is 1. The fourth-order valence-electron chi connectivity index (χ4n) is 4.18. The molecule has 1 aliphatic rings. The van der Waals surface area contributed by atoms with Gasteiger partial charge in [-0.05, 0) is 66.8 Å². The third-order valence-corrected chi connectivity index (χ3v) is 5.67. The Balaban J connectivity index is 0.00000145. The van der Waals surface area contributed by atoms with Crippen LogP contribution in [0.2, 0.25) is 0 Å². The highest BCUT2D eigenvalue weighted by atomic mass is 19.3. The highest BCUT2D eigenvalue weighted by Gasteiger charge is 2.27. The maximum absolute atomic E-state index is 12.4. The second-order valence-corrected chi connectivity index (χ2v) is 7.32. The molecule has 1 fully saturated rings. The molecule has 1 aliphatic heterocycles. The van der Waals surface area contributed by atoms with Crippen LogP contribution in [-0.4, -0.2) is 36.4 Å². The number of nitrogens with one attached hydrogen (secondary N) is 1. The fourth-order valence-corrected chi connectivity index (χ4v) is 4.18. The second kappa shape index (κ2) is 11.2. The van der Waals surface area contributed by atoms with E-state index < -0.39 is 6.61 Å². The molecule has 29 heavy (non-hydrogen) atoms. The van der Waals surface area contributed by atoms with Crippen LogP contribution in [0.25, 0.3) is 10.8 Å². The topological polar surface area (TPSA) is 36.3 Å². The Labute approximate surface area is 173 Å². The van der Waals surface area contributed by atoms with Gasteiger partial charge in [0.05, 0.1) is 0 Å². The Morgan fingerprint density at radius 1 is 1.10 bits per heavy atom.